The molecule has 0 bridgehead atoms. The van der Waals surface area contributed by atoms with Gasteiger partial charge in [0.15, 0.2) is 0 Å². The number of rotatable bonds is 4. The maximum absolute atomic E-state index is 10.6. The summed E-state index contributed by atoms with van der Waals surface area (Å²) in [4.78, 5) is 10.1. The van der Waals surface area contributed by atoms with Crippen molar-refractivity contribution in [3.63, 3.8) is 0 Å². The second kappa shape index (κ2) is 5.09. The van der Waals surface area contributed by atoms with Crippen LogP contribution in [0.15, 0.2) is 29.4 Å². The SMILES string of the molecule is CCC/C(=N\N)c1cccc([N+](=O)[O-])c1. The lowest BCUT2D eigenvalue weighted by Crippen LogP contribution is -2.04. The lowest BCUT2D eigenvalue weighted by atomic mass is 10.1. The normalized spacial score (nSPS) is 11.4. The van der Waals surface area contributed by atoms with Crippen LogP contribution >= 0.6 is 0 Å². The topological polar surface area (TPSA) is 81.5 Å². The van der Waals surface area contributed by atoms with Gasteiger partial charge in [-0.05, 0) is 6.42 Å². The number of hydrazone groups is 1. The van der Waals surface area contributed by atoms with Gasteiger partial charge in [0.1, 0.15) is 0 Å². The third kappa shape index (κ3) is 2.77. The van der Waals surface area contributed by atoms with Gasteiger partial charge in [-0.25, -0.2) is 0 Å². The molecule has 0 aliphatic heterocycles. The number of hydrogen-bond donors (Lipinski definition) is 1. The Morgan fingerprint density at radius 1 is 1.60 bits per heavy atom. The lowest BCUT2D eigenvalue weighted by Gasteiger charge is -2.02. The van der Waals surface area contributed by atoms with Gasteiger partial charge in [-0.15, -0.1) is 0 Å². The van der Waals surface area contributed by atoms with Crippen molar-refractivity contribution in [2.45, 2.75) is 19.8 Å². The number of nitrogens with two attached hydrogens (primary N) is 1. The smallest absolute Gasteiger partial charge is 0.270 e. The van der Waals surface area contributed by atoms with E-state index in [-0.39, 0.29) is 5.69 Å². The van der Waals surface area contributed by atoms with Crippen LogP contribution in [0.4, 0.5) is 5.69 Å². The van der Waals surface area contributed by atoms with Crippen molar-refractivity contribution in [3.05, 3.63) is 39.9 Å². The van der Waals surface area contributed by atoms with E-state index in [0.717, 1.165) is 12.8 Å². The molecule has 1 aromatic rings. The van der Waals surface area contributed by atoms with Gasteiger partial charge in [0.2, 0.25) is 0 Å². The van der Waals surface area contributed by atoms with Crippen molar-refractivity contribution < 1.29 is 4.92 Å². The Kier molecular flexibility index (Phi) is 3.79. The van der Waals surface area contributed by atoms with Gasteiger partial charge in [-0.2, -0.15) is 5.10 Å². The number of nitrogens with zero attached hydrogens (tertiary/aromatic N) is 2. The van der Waals surface area contributed by atoms with Crippen molar-refractivity contribution >= 4 is 11.4 Å². The van der Waals surface area contributed by atoms with Crippen molar-refractivity contribution in [1.29, 1.82) is 0 Å². The zero-order valence-corrected chi connectivity index (χ0v) is 8.51. The molecule has 0 atom stereocenters. The van der Waals surface area contributed by atoms with Gasteiger partial charge < -0.3 is 5.84 Å². The summed E-state index contributed by atoms with van der Waals surface area (Å²) in [6, 6.07) is 6.34. The zero-order valence-electron chi connectivity index (χ0n) is 8.51. The second-order valence-corrected chi connectivity index (χ2v) is 3.13. The van der Waals surface area contributed by atoms with E-state index in [1.54, 1.807) is 12.1 Å². The van der Waals surface area contributed by atoms with E-state index in [2.05, 4.69) is 5.10 Å². The molecule has 0 unspecified atom stereocenters. The molecule has 2 N–H and O–H groups in total. The molecule has 5 nitrogen and oxygen atoms in total. The van der Waals surface area contributed by atoms with E-state index >= 15 is 0 Å². The zero-order chi connectivity index (χ0) is 11.3. The van der Waals surface area contributed by atoms with E-state index in [4.69, 9.17) is 5.84 Å². The molecular formula is C10H13N3O2. The summed E-state index contributed by atoms with van der Waals surface area (Å²) in [5.74, 6) is 5.24. The summed E-state index contributed by atoms with van der Waals surface area (Å²) >= 11 is 0. The van der Waals surface area contributed by atoms with Gasteiger partial charge in [0.25, 0.3) is 5.69 Å². The first kappa shape index (κ1) is 11.2. The standard InChI is InChI=1S/C10H13N3O2/c1-2-4-10(12-11)8-5-3-6-9(7-8)13(14)15/h3,5-7H,2,4,11H2,1H3/b12-10+. The molecule has 0 saturated heterocycles. The first-order valence-corrected chi connectivity index (χ1v) is 4.70. The fraction of sp³-hybridized carbons (Fsp3) is 0.300. The molecule has 0 aliphatic carbocycles. The van der Waals surface area contributed by atoms with Crippen LogP contribution in [0, 0.1) is 10.1 Å². The summed E-state index contributed by atoms with van der Waals surface area (Å²) in [5, 5.41) is 14.2. The van der Waals surface area contributed by atoms with Gasteiger partial charge in [-0.1, -0.05) is 25.5 Å². The minimum absolute atomic E-state index is 0.0600. The first-order chi connectivity index (χ1) is 7.19. The monoisotopic (exact) mass is 207 g/mol. The third-order valence-corrected chi connectivity index (χ3v) is 2.03. The molecule has 80 valence electrons. The van der Waals surface area contributed by atoms with Crippen LogP contribution in [0.25, 0.3) is 0 Å². The van der Waals surface area contributed by atoms with E-state index in [0.29, 0.717) is 11.3 Å². The van der Waals surface area contributed by atoms with Crippen LogP contribution in [0.2, 0.25) is 0 Å². The van der Waals surface area contributed by atoms with E-state index in [9.17, 15) is 10.1 Å². The highest BCUT2D eigenvalue weighted by atomic mass is 16.6. The average Bonchev–Trinajstić information content (AvgIpc) is 2.26. The number of hydrogen-bond acceptors (Lipinski definition) is 4. The van der Waals surface area contributed by atoms with E-state index in [1.807, 2.05) is 6.92 Å². The lowest BCUT2D eigenvalue weighted by molar-refractivity contribution is -0.384. The minimum atomic E-state index is -0.427. The summed E-state index contributed by atoms with van der Waals surface area (Å²) in [6.07, 6.45) is 1.62. The van der Waals surface area contributed by atoms with Crippen LogP contribution in [0.5, 0.6) is 0 Å². The molecule has 0 heterocycles. The molecule has 0 saturated carbocycles. The maximum Gasteiger partial charge on any atom is 0.270 e. The van der Waals surface area contributed by atoms with Crippen LogP contribution in [0.1, 0.15) is 25.3 Å². The molecule has 15 heavy (non-hydrogen) atoms. The van der Waals surface area contributed by atoms with Gasteiger partial charge in [0.05, 0.1) is 10.6 Å². The highest BCUT2D eigenvalue weighted by molar-refractivity contribution is 6.00. The highest BCUT2D eigenvalue weighted by Gasteiger charge is 2.09. The van der Waals surface area contributed by atoms with E-state index < -0.39 is 4.92 Å². The molecular weight excluding hydrogens is 194 g/mol. The minimum Gasteiger partial charge on any atom is -0.323 e. The van der Waals surface area contributed by atoms with Gasteiger partial charge >= 0.3 is 0 Å². The number of non-ortho nitro benzene ring substituents is 1. The highest BCUT2D eigenvalue weighted by Crippen LogP contribution is 2.15. The summed E-state index contributed by atoms with van der Waals surface area (Å²) in [5.41, 5.74) is 1.47. The molecule has 0 radical (unpaired) electrons. The molecule has 0 aromatic heterocycles. The Labute approximate surface area is 87.7 Å². The predicted octanol–water partition coefficient (Wildman–Crippen LogP) is 2.06. The number of nitro groups is 1. The largest absolute Gasteiger partial charge is 0.323 e. The molecule has 0 aliphatic rings. The fourth-order valence-electron chi connectivity index (χ4n) is 1.32. The van der Waals surface area contributed by atoms with Crippen LogP contribution < -0.4 is 5.84 Å². The van der Waals surface area contributed by atoms with Crippen molar-refractivity contribution in [2.24, 2.45) is 10.9 Å². The van der Waals surface area contributed by atoms with Crippen LogP contribution in [-0.2, 0) is 0 Å². The Morgan fingerprint density at radius 2 is 2.33 bits per heavy atom. The number of benzene rings is 1. The number of nitro benzene ring substituents is 1. The van der Waals surface area contributed by atoms with Crippen molar-refractivity contribution in [3.8, 4) is 0 Å². The fourth-order valence-corrected chi connectivity index (χ4v) is 1.32. The Morgan fingerprint density at radius 3 is 2.87 bits per heavy atom. The second-order valence-electron chi connectivity index (χ2n) is 3.13. The maximum atomic E-state index is 10.6. The summed E-state index contributed by atoms with van der Waals surface area (Å²) < 4.78 is 0. The molecule has 1 aromatic carbocycles. The third-order valence-electron chi connectivity index (χ3n) is 2.03. The van der Waals surface area contributed by atoms with Crippen LogP contribution in [0.3, 0.4) is 0 Å². The molecule has 0 spiro atoms. The van der Waals surface area contributed by atoms with E-state index in [1.165, 1.54) is 12.1 Å². The molecule has 5 heteroatoms. The summed E-state index contributed by atoms with van der Waals surface area (Å²) in [6.45, 7) is 2.00. The molecule has 0 fully saturated rings. The van der Waals surface area contributed by atoms with Crippen molar-refractivity contribution in [2.75, 3.05) is 0 Å². The van der Waals surface area contributed by atoms with Gasteiger partial charge in [0, 0.05) is 17.7 Å². The molecule has 0 amide bonds. The Bertz CT molecular complexity index is 388. The summed E-state index contributed by atoms with van der Waals surface area (Å²) in [7, 11) is 0. The first-order valence-electron chi connectivity index (χ1n) is 4.70. The Balaban J connectivity index is 3.03. The Hall–Kier alpha value is -1.91. The van der Waals surface area contributed by atoms with Gasteiger partial charge in [-0.3, -0.25) is 10.1 Å². The quantitative estimate of drug-likeness (QED) is 0.355. The van der Waals surface area contributed by atoms with Crippen molar-refractivity contribution in [1.82, 2.24) is 0 Å². The average molecular weight is 207 g/mol. The van der Waals surface area contributed by atoms with Crippen LogP contribution in [-0.4, -0.2) is 10.6 Å². The predicted molar refractivity (Wildman–Crippen MR) is 58.7 cm³/mol. The molecule has 1 rings (SSSR count).